The highest BCUT2D eigenvalue weighted by Crippen LogP contribution is 2.34. The Kier molecular flexibility index (Phi) is 3.12. The summed E-state index contributed by atoms with van der Waals surface area (Å²) in [6, 6.07) is 16.1. The molecule has 100 valence electrons. The smallest absolute Gasteiger partial charge is 0.348 e. The molecule has 0 saturated carbocycles. The molecule has 0 bridgehead atoms. The molecule has 3 rings (SSSR count). The molecule has 1 unspecified atom stereocenters. The molecule has 0 radical (unpaired) electrons. The van der Waals surface area contributed by atoms with E-state index in [2.05, 4.69) is 0 Å². The maximum absolute atomic E-state index is 12.3. The lowest BCUT2D eigenvalue weighted by Gasteiger charge is -2.29. The zero-order chi connectivity index (χ0) is 14.0. The molecular weight excluding hydrogens is 252 g/mol. The van der Waals surface area contributed by atoms with Gasteiger partial charge in [0.15, 0.2) is 5.60 Å². The molecule has 2 aromatic rings. The zero-order valence-corrected chi connectivity index (χ0v) is 10.8. The molecule has 3 nitrogen and oxygen atoms in total. The topological polar surface area (TPSA) is 46.5 Å². The summed E-state index contributed by atoms with van der Waals surface area (Å²) >= 11 is 0. The summed E-state index contributed by atoms with van der Waals surface area (Å²) in [6.07, 6.45) is 3.91. The largest absolute Gasteiger partial charge is 0.424 e. The number of hydrogen-bond donors (Lipinski definition) is 1. The van der Waals surface area contributed by atoms with E-state index in [1.54, 1.807) is 42.5 Å². The van der Waals surface area contributed by atoms with Crippen LogP contribution in [0.3, 0.4) is 0 Å². The van der Waals surface area contributed by atoms with Crippen LogP contribution in [0.5, 0.6) is 5.75 Å². The Morgan fingerprint density at radius 1 is 1.05 bits per heavy atom. The third-order valence-corrected chi connectivity index (χ3v) is 3.41. The van der Waals surface area contributed by atoms with E-state index in [0.717, 1.165) is 5.56 Å². The predicted molar refractivity (Wildman–Crippen MR) is 76.1 cm³/mol. The Hall–Kier alpha value is -2.39. The van der Waals surface area contributed by atoms with Crippen molar-refractivity contribution in [3.05, 3.63) is 71.8 Å². The van der Waals surface area contributed by atoms with Gasteiger partial charge < -0.3 is 9.84 Å². The first-order valence-corrected chi connectivity index (χ1v) is 6.46. The summed E-state index contributed by atoms with van der Waals surface area (Å²) < 4.78 is 5.29. The molecule has 0 saturated heterocycles. The molecule has 0 spiro atoms. The molecule has 0 aromatic heterocycles. The van der Waals surface area contributed by atoms with Crippen molar-refractivity contribution in [3.8, 4) is 5.75 Å². The predicted octanol–water partition coefficient (Wildman–Crippen LogP) is 2.90. The van der Waals surface area contributed by atoms with E-state index in [9.17, 15) is 9.90 Å². The molecule has 0 heterocycles. The van der Waals surface area contributed by atoms with E-state index in [1.165, 1.54) is 0 Å². The van der Waals surface area contributed by atoms with Gasteiger partial charge in [0.2, 0.25) is 0 Å². The molecule has 0 amide bonds. The summed E-state index contributed by atoms with van der Waals surface area (Å²) in [7, 11) is 0. The van der Waals surface area contributed by atoms with Crippen LogP contribution in [0.15, 0.2) is 60.7 Å². The maximum atomic E-state index is 12.3. The van der Waals surface area contributed by atoms with Crippen molar-refractivity contribution >= 4 is 12.0 Å². The van der Waals surface area contributed by atoms with Crippen LogP contribution in [0.4, 0.5) is 0 Å². The molecule has 0 fully saturated rings. The number of benzene rings is 2. The summed E-state index contributed by atoms with van der Waals surface area (Å²) in [5, 5.41) is 10.7. The van der Waals surface area contributed by atoms with E-state index in [4.69, 9.17) is 4.74 Å². The first-order chi connectivity index (χ1) is 9.70. The molecule has 20 heavy (non-hydrogen) atoms. The fourth-order valence-corrected chi connectivity index (χ4v) is 2.36. The number of aliphatic hydroxyl groups is 1. The SMILES string of the molecule is O=C(Oc1ccccc1)C1(O)CC=Cc2ccccc21. The molecule has 2 aromatic carbocycles. The highest BCUT2D eigenvalue weighted by Gasteiger charge is 2.41. The van der Waals surface area contributed by atoms with Crippen molar-refractivity contribution < 1.29 is 14.6 Å². The Labute approximate surface area is 117 Å². The molecule has 1 N–H and O–H groups in total. The van der Waals surface area contributed by atoms with Crippen LogP contribution < -0.4 is 4.74 Å². The van der Waals surface area contributed by atoms with Crippen molar-refractivity contribution in [2.75, 3.05) is 0 Å². The van der Waals surface area contributed by atoms with Crippen molar-refractivity contribution in [2.24, 2.45) is 0 Å². The Balaban J connectivity index is 1.93. The minimum absolute atomic E-state index is 0.218. The van der Waals surface area contributed by atoms with Gasteiger partial charge in [-0.3, -0.25) is 0 Å². The Morgan fingerprint density at radius 2 is 1.75 bits per heavy atom. The second kappa shape index (κ2) is 4.94. The summed E-state index contributed by atoms with van der Waals surface area (Å²) in [4.78, 5) is 12.3. The molecular formula is C17H14O3. The van der Waals surface area contributed by atoms with Crippen molar-refractivity contribution in [1.82, 2.24) is 0 Å². The summed E-state index contributed by atoms with van der Waals surface area (Å²) in [5.74, 6) is -0.224. The number of hydrogen-bond acceptors (Lipinski definition) is 3. The molecule has 1 aliphatic rings. The minimum atomic E-state index is -1.62. The van der Waals surface area contributed by atoms with Crippen molar-refractivity contribution in [2.45, 2.75) is 12.0 Å². The van der Waals surface area contributed by atoms with Crippen LogP contribution in [0.1, 0.15) is 17.5 Å². The summed E-state index contributed by atoms with van der Waals surface area (Å²) in [5.41, 5.74) is -0.198. The molecule has 3 heteroatoms. The highest BCUT2D eigenvalue weighted by molar-refractivity contribution is 5.86. The monoisotopic (exact) mass is 266 g/mol. The quantitative estimate of drug-likeness (QED) is 0.671. The van der Waals surface area contributed by atoms with Crippen LogP contribution >= 0.6 is 0 Å². The Morgan fingerprint density at radius 3 is 2.55 bits per heavy atom. The normalized spacial score (nSPS) is 20.2. The number of fused-ring (bicyclic) bond motifs is 1. The van der Waals surface area contributed by atoms with Crippen molar-refractivity contribution in [1.29, 1.82) is 0 Å². The number of para-hydroxylation sites is 1. The van der Waals surface area contributed by atoms with E-state index < -0.39 is 11.6 Å². The maximum Gasteiger partial charge on any atom is 0.348 e. The van der Waals surface area contributed by atoms with E-state index in [1.807, 2.05) is 24.3 Å². The lowest BCUT2D eigenvalue weighted by Crippen LogP contribution is -2.40. The van der Waals surface area contributed by atoms with E-state index >= 15 is 0 Å². The standard InChI is InChI=1S/C17H14O3/c18-16(20-14-9-2-1-3-10-14)17(19)12-6-8-13-7-4-5-11-15(13)17/h1-11,19H,12H2. The van der Waals surface area contributed by atoms with Gasteiger partial charge in [0.1, 0.15) is 5.75 Å². The summed E-state index contributed by atoms with van der Waals surface area (Å²) in [6.45, 7) is 0. The van der Waals surface area contributed by atoms with Gasteiger partial charge in [0, 0.05) is 12.0 Å². The fraction of sp³-hybridized carbons (Fsp3) is 0.118. The average molecular weight is 266 g/mol. The minimum Gasteiger partial charge on any atom is -0.424 e. The molecule has 1 atom stereocenters. The van der Waals surface area contributed by atoms with Gasteiger partial charge in [-0.05, 0) is 17.7 Å². The lowest BCUT2D eigenvalue weighted by molar-refractivity contribution is -0.156. The van der Waals surface area contributed by atoms with Gasteiger partial charge >= 0.3 is 5.97 Å². The van der Waals surface area contributed by atoms with Gasteiger partial charge in [-0.1, -0.05) is 54.6 Å². The first-order valence-electron chi connectivity index (χ1n) is 6.46. The first kappa shape index (κ1) is 12.6. The Bertz CT molecular complexity index is 661. The van der Waals surface area contributed by atoms with Gasteiger partial charge in [-0.2, -0.15) is 0 Å². The third kappa shape index (κ3) is 2.12. The molecule has 0 aliphatic heterocycles. The van der Waals surface area contributed by atoms with Gasteiger partial charge in [0.05, 0.1) is 0 Å². The molecule has 1 aliphatic carbocycles. The number of rotatable bonds is 2. The van der Waals surface area contributed by atoms with Crippen LogP contribution in [-0.2, 0) is 10.4 Å². The second-order valence-corrected chi connectivity index (χ2v) is 4.76. The van der Waals surface area contributed by atoms with Crippen LogP contribution in [-0.4, -0.2) is 11.1 Å². The number of carbonyl (C=O) groups is 1. The van der Waals surface area contributed by atoms with Gasteiger partial charge in [0.25, 0.3) is 0 Å². The fourth-order valence-electron chi connectivity index (χ4n) is 2.36. The lowest BCUT2D eigenvalue weighted by atomic mass is 9.83. The van der Waals surface area contributed by atoms with Crippen LogP contribution in [0.2, 0.25) is 0 Å². The van der Waals surface area contributed by atoms with E-state index in [0.29, 0.717) is 11.3 Å². The zero-order valence-electron chi connectivity index (χ0n) is 10.8. The second-order valence-electron chi connectivity index (χ2n) is 4.76. The van der Waals surface area contributed by atoms with Crippen LogP contribution in [0.25, 0.3) is 6.08 Å². The average Bonchev–Trinajstić information content (AvgIpc) is 2.49. The van der Waals surface area contributed by atoms with Crippen LogP contribution in [0, 0.1) is 0 Å². The van der Waals surface area contributed by atoms with E-state index in [-0.39, 0.29) is 6.42 Å². The third-order valence-electron chi connectivity index (χ3n) is 3.41. The highest BCUT2D eigenvalue weighted by atomic mass is 16.6. The van der Waals surface area contributed by atoms with Gasteiger partial charge in [-0.25, -0.2) is 4.79 Å². The number of ether oxygens (including phenoxy) is 1. The van der Waals surface area contributed by atoms with Crippen molar-refractivity contribution in [3.63, 3.8) is 0 Å². The van der Waals surface area contributed by atoms with Gasteiger partial charge in [-0.15, -0.1) is 0 Å². The number of carbonyl (C=O) groups excluding carboxylic acids is 1. The number of esters is 1.